The van der Waals surface area contributed by atoms with Crippen LogP contribution in [0, 0.1) is 0 Å². The lowest BCUT2D eigenvalue weighted by Crippen LogP contribution is -2.25. The van der Waals surface area contributed by atoms with E-state index in [1.165, 1.54) is 6.20 Å². The molecular weight excluding hydrogens is 309 g/mol. The predicted molar refractivity (Wildman–Crippen MR) is 86.3 cm³/mol. The van der Waals surface area contributed by atoms with Gasteiger partial charge < -0.3 is 10.6 Å². The Bertz CT molecular complexity index is 629. The molecule has 0 aliphatic rings. The Morgan fingerprint density at radius 3 is 2.67 bits per heavy atom. The number of halogens is 2. The van der Waals surface area contributed by atoms with E-state index in [9.17, 15) is 4.79 Å². The van der Waals surface area contributed by atoms with E-state index in [1.807, 2.05) is 6.07 Å². The number of pyridine rings is 1. The first-order valence-electron chi connectivity index (χ1n) is 6.46. The molecule has 0 aliphatic heterocycles. The van der Waals surface area contributed by atoms with Gasteiger partial charge in [-0.25, -0.2) is 4.98 Å². The Morgan fingerprint density at radius 2 is 2.05 bits per heavy atom. The molecule has 0 radical (unpaired) electrons. The number of rotatable bonds is 5. The van der Waals surface area contributed by atoms with Crippen LogP contribution in [0.25, 0.3) is 0 Å². The number of nitrogens with zero attached hydrogens (tertiary/aromatic N) is 1. The molecule has 2 aromatic rings. The van der Waals surface area contributed by atoms with Crippen LogP contribution >= 0.6 is 23.2 Å². The molecule has 0 fully saturated rings. The summed E-state index contributed by atoms with van der Waals surface area (Å²) < 4.78 is 0. The van der Waals surface area contributed by atoms with Crippen LogP contribution in [0.2, 0.25) is 10.0 Å². The monoisotopic (exact) mass is 323 g/mol. The molecule has 0 saturated carbocycles. The van der Waals surface area contributed by atoms with E-state index in [1.54, 1.807) is 31.3 Å². The summed E-state index contributed by atoms with van der Waals surface area (Å²) in [5.74, 6) is 0.565. The van der Waals surface area contributed by atoms with Gasteiger partial charge in [0.05, 0.1) is 5.56 Å². The Kier molecular flexibility index (Phi) is 5.42. The molecule has 1 aromatic carbocycles. The van der Waals surface area contributed by atoms with Crippen LogP contribution in [0.5, 0.6) is 0 Å². The van der Waals surface area contributed by atoms with E-state index >= 15 is 0 Å². The Morgan fingerprint density at radius 1 is 1.24 bits per heavy atom. The third kappa shape index (κ3) is 4.34. The molecule has 4 nitrogen and oxygen atoms in total. The van der Waals surface area contributed by atoms with Gasteiger partial charge in [-0.1, -0.05) is 29.3 Å². The van der Waals surface area contributed by atoms with E-state index in [0.29, 0.717) is 28.6 Å². The van der Waals surface area contributed by atoms with Crippen molar-refractivity contribution in [3.8, 4) is 0 Å². The molecule has 1 heterocycles. The lowest BCUT2D eigenvalue weighted by atomic mass is 10.1. The summed E-state index contributed by atoms with van der Waals surface area (Å²) in [6.07, 6.45) is 2.18. The lowest BCUT2D eigenvalue weighted by Gasteiger charge is -2.07. The standard InChI is InChI=1S/C15H15Cl2N3O/c1-18-14-5-3-11(9-20-14)15(21)19-7-6-10-2-4-12(16)8-13(10)17/h2-5,8-9H,6-7H2,1H3,(H,18,20)(H,19,21). The largest absolute Gasteiger partial charge is 0.373 e. The molecule has 1 amide bonds. The molecule has 1 aromatic heterocycles. The fourth-order valence-electron chi connectivity index (χ4n) is 1.81. The molecular formula is C15H15Cl2N3O. The quantitative estimate of drug-likeness (QED) is 0.886. The maximum Gasteiger partial charge on any atom is 0.252 e. The summed E-state index contributed by atoms with van der Waals surface area (Å²) in [7, 11) is 1.78. The molecule has 0 bridgehead atoms. The van der Waals surface area contributed by atoms with Crippen LogP contribution in [-0.2, 0) is 6.42 Å². The maximum absolute atomic E-state index is 11.9. The zero-order valence-electron chi connectivity index (χ0n) is 11.5. The van der Waals surface area contributed by atoms with Gasteiger partial charge in [0.1, 0.15) is 5.82 Å². The van der Waals surface area contributed by atoms with Gasteiger partial charge in [0.2, 0.25) is 0 Å². The number of benzene rings is 1. The summed E-state index contributed by atoms with van der Waals surface area (Å²) in [6.45, 7) is 0.494. The third-order valence-electron chi connectivity index (χ3n) is 2.98. The number of carbonyl (C=O) groups excluding carboxylic acids is 1. The summed E-state index contributed by atoms with van der Waals surface area (Å²) >= 11 is 11.9. The number of hydrogen-bond donors (Lipinski definition) is 2. The Labute approximate surface area is 133 Å². The second-order valence-corrected chi connectivity index (χ2v) is 5.27. The van der Waals surface area contributed by atoms with Crippen LogP contribution in [0.4, 0.5) is 5.82 Å². The van der Waals surface area contributed by atoms with Gasteiger partial charge in [0, 0.05) is 29.8 Å². The van der Waals surface area contributed by atoms with Crippen molar-refractivity contribution >= 4 is 34.9 Å². The van der Waals surface area contributed by atoms with Crippen molar-refractivity contribution in [2.45, 2.75) is 6.42 Å². The van der Waals surface area contributed by atoms with Gasteiger partial charge in [-0.2, -0.15) is 0 Å². The van der Waals surface area contributed by atoms with Crippen molar-refractivity contribution in [2.75, 3.05) is 18.9 Å². The highest BCUT2D eigenvalue weighted by molar-refractivity contribution is 6.35. The fraction of sp³-hybridized carbons (Fsp3) is 0.200. The van der Waals surface area contributed by atoms with E-state index in [4.69, 9.17) is 23.2 Å². The van der Waals surface area contributed by atoms with Crippen molar-refractivity contribution in [3.63, 3.8) is 0 Å². The first-order chi connectivity index (χ1) is 10.1. The minimum absolute atomic E-state index is 0.157. The van der Waals surface area contributed by atoms with Crippen molar-refractivity contribution in [2.24, 2.45) is 0 Å². The van der Waals surface area contributed by atoms with E-state index in [2.05, 4.69) is 15.6 Å². The van der Waals surface area contributed by atoms with E-state index in [0.717, 1.165) is 11.4 Å². The predicted octanol–water partition coefficient (Wildman–Crippen LogP) is 3.40. The minimum Gasteiger partial charge on any atom is -0.373 e. The Hall–Kier alpha value is -1.78. The number of amides is 1. The maximum atomic E-state index is 11.9. The average Bonchev–Trinajstić information content (AvgIpc) is 2.49. The van der Waals surface area contributed by atoms with Crippen LogP contribution in [0.1, 0.15) is 15.9 Å². The molecule has 0 aliphatic carbocycles. The van der Waals surface area contributed by atoms with E-state index in [-0.39, 0.29) is 5.91 Å². The molecule has 0 saturated heterocycles. The molecule has 110 valence electrons. The van der Waals surface area contributed by atoms with Gasteiger partial charge >= 0.3 is 0 Å². The summed E-state index contributed by atoms with van der Waals surface area (Å²) in [5.41, 5.74) is 1.47. The smallest absolute Gasteiger partial charge is 0.252 e. The number of nitrogens with one attached hydrogen (secondary N) is 2. The van der Waals surface area contributed by atoms with Gasteiger partial charge in [-0.05, 0) is 36.2 Å². The normalized spacial score (nSPS) is 10.2. The zero-order valence-corrected chi connectivity index (χ0v) is 13.0. The van der Waals surface area contributed by atoms with Gasteiger partial charge in [0.25, 0.3) is 5.91 Å². The highest BCUT2D eigenvalue weighted by Gasteiger charge is 2.06. The third-order valence-corrected chi connectivity index (χ3v) is 3.56. The molecule has 6 heteroatoms. The highest BCUT2D eigenvalue weighted by Crippen LogP contribution is 2.21. The highest BCUT2D eigenvalue weighted by atomic mass is 35.5. The Balaban J connectivity index is 1.88. The number of hydrogen-bond acceptors (Lipinski definition) is 3. The molecule has 0 unspecified atom stereocenters. The molecule has 2 rings (SSSR count). The van der Waals surface area contributed by atoms with E-state index < -0.39 is 0 Å². The zero-order chi connectivity index (χ0) is 15.2. The summed E-state index contributed by atoms with van der Waals surface area (Å²) in [5, 5.41) is 6.94. The molecule has 0 spiro atoms. The van der Waals surface area contributed by atoms with Crippen LogP contribution < -0.4 is 10.6 Å². The summed E-state index contributed by atoms with van der Waals surface area (Å²) in [4.78, 5) is 16.0. The molecule has 21 heavy (non-hydrogen) atoms. The minimum atomic E-state index is -0.157. The average molecular weight is 324 g/mol. The summed E-state index contributed by atoms with van der Waals surface area (Å²) in [6, 6.07) is 8.82. The second kappa shape index (κ2) is 7.29. The van der Waals surface area contributed by atoms with Gasteiger partial charge in [-0.3, -0.25) is 4.79 Å². The van der Waals surface area contributed by atoms with Gasteiger partial charge in [0.15, 0.2) is 0 Å². The molecule has 2 N–H and O–H groups in total. The fourth-order valence-corrected chi connectivity index (χ4v) is 2.32. The SMILES string of the molecule is CNc1ccc(C(=O)NCCc2ccc(Cl)cc2Cl)cn1. The van der Waals surface area contributed by atoms with Crippen molar-refractivity contribution in [3.05, 3.63) is 57.7 Å². The molecule has 0 atom stereocenters. The lowest BCUT2D eigenvalue weighted by molar-refractivity contribution is 0.0954. The second-order valence-electron chi connectivity index (χ2n) is 4.42. The topological polar surface area (TPSA) is 54.0 Å². The van der Waals surface area contributed by atoms with Crippen LogP contribution in [0.3, 0.4) is 0 Å². The van der Waals surface area contributed by atoms with Crippen molar-refractivity contribution < 1.29 is 4.79 Å². The first kappa shape index (κ1) is 15.6. The first-order valence-corrected chi connectivity index (χ1v) is 7.21. The van der Waals surface area contributed by atoms with Crippen LogP contribution in [0.15, 0.2) is 36.5 Å². The van der Waals surface area contributed by atoms with Gasteiger partial charge in [-0.15, -0.1) is 0 Å². The number of anilines is 1. The van der Waals surface area contributed by atoms with Crippen molar-refractivity contribution in [1.82, 2.24) is 10.3 Å². The number of carbonyl (C=O) groups is 1. The number of aromatic nitrogens is 1. The van der Waals surface area contributed by atoms with Crippen LogP contribution in [-0.4, -0.2) is 24.5 Å². The van der Waals surface area contributed by atoms with Crippen molar-refractivity contribution in [1.29, 1.82) is 0 Å².